The molecule has 2 N–H and O–H groups in total. The second kappa shape index (κ2) is 8.40. The van der Waals surface area contributed by atoms with E-state index in [9.17, 15) is 4.79 Å². The molecular weight excluding hydrogens is 284 g/mol. The minimum Gasteiger partial charge on any atom is -0.330 e. The van der Waals surface area contributed by atoms with Crippen LogP contribution in [0.4, 0.5) is 5.69 Å². The number of benzene rings is 1. The number of hydrogen-bond acceptors (Lipinski definition) is 2. The van der Waals surface area contributed by atoms with Crippen LogP contribution < -0.4 is 10.6 Å². The fraction of sp³-hybridized carbons (Fsp3) is 0.588. The van der Waals surface area contributed by atoms with Gasteiger partial charge in [0.15, 0.2) is 0 Å². The second-order valence-electron chi connectivity index (χ2n) is 5.92. The lowest BCUT2D eigenvalue weighted by molar-refractivity contribution is -0.121. The van der Waals surface area contributed by atoms with Gasteiger partial charge in [0.25, 0.3) is 0 Å². The molecule has 0 aliphatic heterocycles. The number of amides is 1. The number of rotatable bonds is 5. The molecule has 1 aromatic rings. The van der Waals surface area contributed by atoms with Gasteiger partial charge in [-0.05, 0) is 43.9 Å². The summed E-state index contributed by atoms with van der Waals surface area (Å²) >= 11 is 0. The number of nitrogens with zero attached hydrogens (tertiary/aromatic N) is 1. The SMILES string of the molecule is CCN(C(=O)CC1(CN)CCCCC1)c1ccccc1.Cl. The molecule has 1 fully saturated rings. The van der Waals surface area contributed by atoms with Crippen molar-refractivity contribution in [3.63, 3.8) is 0 Å². The Labute approximate surface area is 134 Å². The first-order chi connectivity index (χ1) is 9.71. The molecule has 118 valence electrons. The number of carbonyl (C=O) groups excluding carboxylic acids is 1. The lowest BCUT2D eigenvalue weighted by Gasteiger charge is -2.37. The van der Waals surface area contributed by atoms with Crippen LogP contribution in [0.5, 0.6) is 0 Å². The molecule has 1 amide bonds. The van der Waals surface area contributed by atoms with E-state index in [0.29, 0.717) is 19.5 Å². The molecular formula is C17H27ClN2O. The Morgan fingerprint density at radius 1 is 1.19 bits per heavy atom. The van der Waals surface area contributed by atoms with Gasteiger partial charge in [-0.25, -0.2) is 0 Å². The van der Waals surface area contributed by atoms with Crippen molar-refractivity contribution in [3.05, 3.63) is 30.3 Å². The molecule has 0 aromatic heterocycles. The molecule has 4 heteroatoms. The third-order valence-electron chi connectivity index (χ3n) is 4.56. The first kappa shape index (κ1) is 18.0. The lowest BCUT2D eigenvalue weighted by atomic mass is 9.71. The van der Waals surface area contributed by atoms with Gasteiger partial charge >= 0.3 is 0 Å². The van der Waals surface area contributed by atoms with E-state index in [0.717, 1.165) is 18.5 Å². The van der Waals surface area contributed by atoms with Gasteiger partial charge in [0.2, 0.25) is 5.91 Å². The molecule has 1 aromatic carbocycles. The molecule has 0 saturated heterocycles. The molecule has 0 radical (unpaired) electrons. The summed E-state index contributed by atoms with van der Waals surface area (Å²) in [5.74, 6) is 0.214. The van der Waals surface area contributed by atoms with Crippen LogP contribution in [-0.4, -0.2) is 19.0 Å². The Kier molecular flexibility index (Phi) is 7.20. The molecule has 1 aliphatic rings. The van der Waals surface area contributed by atoms with Crippen LogP contribution in [0.3, 0.4) is 0 Å². The summed E-state index contributed by atoms with van der Waals surface area (Å²) in [7, 11) is 0. The van der Waals surface area contributed by atoms with Crippen molar-refractivity contribution >= 4 is 24.0 Å². The summed E-state index contributed by atoms with van der Waals surface area (Å²) in [5, 5.41) is 0. The van der Waals surface area contributed by atoms with E-state index in [1.54, 1.807) is 0 Å². The Bertz CT molecular complexity index is 430. The van der Waals surface area contributed by atoms with Crippen LogP contribution in [0, 0.1) is 5.41 Å². The second-order valence-corrected chi connectivity index (χ2v) is 5.92. The van der Waals surface area contributed by atoms with Crippen molar-refractivity contribution in [2.75, 3.05) is 18.0 Å². The van der Waals surface area contributed by atoms with E-state index in [1.807, 2.05) is 42.2 Å². The third kappa shape index (κ3) is 4.45. The first-order valence-corrected chi connectivity index (χ1v) is 7.76. The van der Waals surface area contributed by atoms with Crippen LogP contribution in [0.1, 0.15) is 45.4 Å². The van der Waals surface area contributed by atoms with E-state index in [4.69, 9.17) is 5.73 Å². The monoisotopic (exact) mass is 310 g/mol. The fourth-order valence-corrected chi connectivity index (χ4v) is 3.28. The first-order valence-electron chi connectivity index (χ1n) is 7.76. The molecule has 2 rings (SSSR count). The number of para-hydroxylation sites is 1. The van der Waals surface area contributed by atoms with E-state index >= 15 is 0 Å². The average Bonchev–Trinajstić information content (AvgIpc) is 2.50. The molecule has 3 nitrogen and oxygen atoms in total. The molecule has 0 unspecified atom stereocenters. The highest BCUT2D eigenvalue weighted by Crippen LogP contribution is 2.39. The van der Waals surface area contributed by atoms with Gasteiger partial charge < -0.3 is 10.6 Å². The largest absolute Gasteiger partial charge is 0.330 e. The summed E-state index contributed by atoms with van der Waals surface area (Å²) in [4.78, 5) is 14.6. The molecule has 0 bridgehead atoms. The fourth-order valence-electron chi connectivity index (χ4n) is 3.28. The molecule has 0 atom stereocenters. The average molecular weight is 311 g/mol. The van der Waals surface area contributed by atoms with Crippen LogP contribution >= 0.6 is 12.4 Å². The van der Waals surface area contributed by atoms with Crippen molar-refractivity contribution < 1.29 is 4.79 Å². The van der Waals surface area contributed by atoms with E-state index < -0.39 is 0 Å². The van der Waals surface area contributed by atoms with Crippen LogP contribution in [-0.2, 0) is 4.79 Å². The van der Waals surface area contributed by atoms with Gasteiger partial charge in [-0.15, -0.1) is 12.4 Å². The van der Waals surface area contributed by atoms with E-state index in [2.05, 4.69) is 0 Å². The Morgan fingerprint density at radius 2 is 1.81 bits per heavy atom. The van der Waals surface area contributed by atoms with Crippen LogP contribution in [0.15, 0.2) is 30.3 Å². The summed E-state index contributed by atoms with van der Waals surface area (Å²) in [6.45, 7) is 3.37. The zero-order valence-corrected chi connectivity index (χ0v) is 13.7. The maximum atomic E-state index is 12.7. The normalized spacial score (nSPS) is 16.9. The van der Waals surface area contributed by atoms with E-state index in [-0.39, 0.29) is 23.7 Å². The molecule has 0 spiro atoms. The highest BCUT2D eigenvalue weighted by Gasteiger charge is 2.34. The number of nitrogens with two attached hydrogens (primary N) is 1. The summed E-state index contributed by atoms with van der Waals surface area (Å²) in [6.07, 6.45) is 6.49. The minimum atomic E-state index is 0. The van der Waals surface area contributed by atoms with Gasteiger partial charge in [-0.3, -0.25) is 4.79 Å². The molecule has 0 heterocycles. The van der Waals surface area contributed by atoms with E-state index in [1.165, 1.54) is 19.3 Å². The van der Waals surface area contributed by atoms with Gasteiger partial charge in [-0.1, -0.05) is 37.5 Å². The highest BCUT2D eigenvalue weighted by molar-refractivity contribution is 5.93. The van der Waals surface area contributed by atoms with Gasteiger partial charge in [0, 0.05) is 18.7 Å². The van der Waals surface area contributed by atoms with Gasteiger partial charge in [0.05, 0.1) is 0 Å². The molecule has 1 aliphatic carbocycles. The number of carbonyl (C=O) groups is 1. The predicted octanol–water partition coefficient (Wildman–Crippen LogP) is 3.76. The van der Waals surface area contributed by atoms with Gasteiger partial charge in [0.1, 0.15) is 0 Å². The maximum Gasteiger partial charge on any atom is 0.227 e. The Hall–Kier alpha value is -1.06. The maximum absolute atomic E-state index is 12.7. The molecule has 21 heavy (non-hydrogen) atoms. The number of hydrogen-bond donors (Lipinski definition) is 1. The Balaban J connectivity index is 0.00000220. The number of anilines is 1. The standard InChI is InChI=1S/C17H26N2O.ClH/c1-2-19(15-9-5-3-6-10-15)16(20)13-17(14-18)11-7-4-8-12-17;/h3,5-6,9-10H,2,4,7-8,11-14,18H2,1H3;1H. The van der Waals surface area contributed by atoms with Crippen LogP contribution in [0.25, 0.3) is 0 Å². The number of halogens is 1. The smallest absolute Gasteiger partial charge is 0.227 e. The summed E-state index contributed by atoms with van der Waals surface area (Å²) in [6, 6.07) is 9.92. The van der Waals surface area contributed by atoms with Crippen molar-refractivity contribution in [2.24, 2.45) is 11.1 Å². The lowest BCUT2D eigenvalue weighted by Crippen LogP contribution is -2.40. The van der Waals surface area contributed by atoms with Crippen molar-refractivity contribution in [1.29, 1.82) is 0 Å². The van der Waals surface area contributed by atoms with Crippen molar-refractivity contribution in [1.82, 2.24) is 0 Å². The summed E-state index contributed by atoms with van der Waals surface area (Å²) < 4.78 is 0. The van der Waals surface area contributed by atoms with Crippen molar-refractivity contribution in [2.45, 2.75) is 45.4 Å². The zero-order valence-electron chi connectivity index (χ0n) is 12.9. The van der Waals surface area contributed by atoms with Gasteiger partial charge in [-0.2, -0.15) is 0 Å². The molecule has 1 saturated carbocycles. The van der Waals surface area contributed by atoms with Crippen molar-refractivity contribution in [3.8, 4) is 0 Å². The Morgan fingerprint density at radius 3 is 2.33 bits per heavy atom. The quantitative estimate of drug-likeness (QED) is 0.900. The zero-order chi connectivity index (χ0) is 14.4. The van der Waals surface area contributed by atoms with Crippen LogP contribution in [0.2, 0.25) is 0 Å². The third-order valence-corrected chi connectivity index (χ3v) is 4.56. The summed E-state index contributed by atoms with van der Waals surface area (Å²) in [5.41, 5.74) is 7.02. The minimum absolute atomic E-state index is 0. The highest BCUT2D eigenvalue weighted by atomic mass is 35.5. The topological polar surface area (TPSA) is 46.3 Å². The predicted molar refractivity (Wildman–Crippen MR) is 90.9 cm³/mol.